The van der Waals surface area contributed by atoms with Gasteiger partial charge in [0, 0.05) is 40.3 Å². The van der Waals surface area contributed by atoms with Crippen molar-refractivity contribution in [1.29, 1.82) is 5.26 Å². The lowest BCUT2D eigenvalue weighted by molar-refractivity contribution is -0.384. The zero-order valence-corrected chi connectivity index (χ0v) is 20.9. The summed E-state index contributed by atoms with van der Waals surface area (Å²) in [5.74, 6) is -1.37. The number of non-ortho nitro benzene ring substituents is 1. The Labute approximate surface area is 210 Å². The molecule has 0 aliphatic carbocycles. The average molecular weight is 511 g/mol. The van der Waals surface area contributed by atoms with Crippen LogP contribution in [0.3, 0.4) is 0 Å². The summed E-state index contributed by atoms with van der Waals surface area (Å²) in [6.07, 6.45) is 0.103. The second-order valence-corrected chi connectivity index (χ2v) is 9.82. The maximum atomic E-state index is 13.0. The van der Waals surface area contributed by atoms with Crippen LogP contribution in [0.15, 0.2) is 51.0 Å². The predicted molar refractivity (Wildman–Crippen MR) is 133 cm³/mol. The maximum Gasteiger partial charge on any atom is 0.340 e. The highest BCUT2D eigenvalue weighted by Gasteiger charge is 2.23. The fourth-order valence-electron chi connectivity index (χ4n) is 3.30. The Morgan fingerprint density at radius 2 is 1.91 bits per heavy atom. The van der Waals surface area contributed by atoms with Crippen LogP contribution in [-0.2, 0) is 9.53 Å². The molecule has 3 rings (SSSR count). The standard InChI is InChI=1S/C24H22N4O5S2/c1-15-9-16(2)11-19(10-15)27(8-4-7-25)22(29)13-33-23(30)20-12-18(28(31)32)5-6-21(20)35-24-26-17(3)14-34-24/h5-6,9-12,14H,4,8,13H2,1-3H3. The smallest absolute Gasteiger partial charge is 0.340 e. The lowest BCUT2D eigenvalue weighted by Crippen LogP contribution is -2.35. The van der Waals surface area contributed by atoms with Crippen LogP contribution in [0, 0.1) is 42.2 Å². The van der Waals surface area contributed by atoms with Crippen LogP contribution >= 0.6 is 23.1 Å². The first kappa shape index (κ1) is 25.9. The van der Waals surface area contributed by atoms with E-state index in [9.17, 15) is 19.7 Å². The molecule has 1 amide bonds. The van der Waals surface area contributed by atoms with Crippen molar-refractivity contribution < 1.29 is 19.2 Å². The molecule has 1 heterocycles. The van der Waals surface area contributed by atoms with Crippen molar-refractivity contribution in [2.45, 2.75) is 36.4 Å². The van der Waals surface area contributed by atoms with Crippen LogP contribution in [0.5, 0.6) is 0 Å². The van der Waals surface area contributed by atoms with Crippen LogP contribution in [0.25, 0.3) is 0 Å². The van der Waals surface area contributed by atoms with Gasteiger partial charge in [0.1, 0.15) is 0 Å². The number of hydrogen-bond acceptors (Lipinski definition) is 9. The molecule has 0 aliphatic heterocycles. The summed E-state index contributed by atoms with van der Waals surface area (Å²) in [7, 11) is 0. The number of benzene rings is 2. The Morgan fingerprint density at radius 3 is 2.51 bits per heavy atom. The minimum atomic E-state index is -0.863. The van der Waals surface area contributed by atoms with Gasteiger partial charge in [-0.15, -0.1) is 11.3 Å². The zero-order valence-electron chi connectivity index (χ0n) is 19.3. The van der Waals surface area contributed by atoms with Crippen molar-refractivity contribution >= 4 is 46.3 Å². The third-order valence-corrected chi connectivity index (χ3v) is 6.91. The van der Waals surface area contributed by atoms with Gasteiger partial charge in [0.2, 0.25) is 0 Å². The summed E-state index contributed by atoms with van der Waals surface area (Å²) in [6, 6.07) is 11.5. The molecule has 0 N–H and O–H groups in total. The lowest BCUT2D eigenvalue weighted by atomic mass is 10.1. The molecule has 35 heavy (non-hydrogen) atoms. The minimum Gasteiger partial charge on any atom is -0.452 e. The SMILES string of the molecule is Cc1cc(C)cc(N(CCC#N)C(=O)COC(=O)c2cc([N+](=O)[O-])ccc2Sc2nc(C)cs2)c1. The van der Waals surface area contributed by atoms with Crippen molar-refractivity contribution in [3.8, 4) is 6.07 Å². The van der Waals surface area contributed by atoms with E-state index in [1.165, 1.54) is 40.1 Å². The molecule has 3 aromatic rings. The number of nitrogens with zero attached hydrogens (tertiary/aromatic N) is 4. The molecule has 0 saturated heterocycles. The summed E-state index contributed by atoms with van der Waals surface area (Å²) in [5, 5.41) is 22.1. The first-order chi connectivity index (χ1) is 16.7. The molecule has 2 aromatic carbocycles. The monoisotopic (exact) mass is 510 g/mol. The molecule has 0 spiro atoms. The zero-order chi connectivity index (χ0) is 25.5. The van der Waals surface area contributed by atoms with E-state index in [0.717, 1.165) is 22.9 Å². The van der Waals surface area contributed by atoms with Crippen LogP contribution in [-0.4, -0.2) is 34.9 Å². The number of aryl methyl sites for hydroxylation is 3. The van der Waals surface area contributed by atoms with Gasteiger partial charge in [-0.2, -0.15) is 5.26 Å². The van der Waals surface area contributed by atoms with Crippen LogP contribution in [0.2, 0.25) is 0 Å². The van der Waals surface area contributed by atoms with E-state index in [1.807, 2.05) is 50.4 Å². The van der Waals surface area contributed by atoms with E-state index >= 15 is 0 Å². The van der Waals surface area contributed by atoms with E-state index in [4.69, 9.17) is 10.00 Å². The topological polar surface area (TPSA) is 126 Å². The summed E-state index contributed by atoms with van der Waals surface area (Å²) < 4.78 is 5.95. The van der Waals surface area contributed by atoms with Gasteiger partial charge in [0.25, 0.3) is 11.6 Å². The van der Waals surface area contributed by atoms with Crippen LogP contribution < -0.4 is 4.90 Å². The van der Waals surface area contributed by atoms with Gasteiger partial charge in [0.15, 0.2) is 10.9 Å². The number of ether oxygens (including phenoxy) is 1. The highest BCUT2D eigenvalue weighted by atomic mass is 32.2. The Bertz CT molecular complexity index is 1300. The third kappa shape index (κ3) is 6.88. The van der Waals surface area contributed by atoms with Gasteiger partial charge in [-0.1, -0.05) is 17.8 Å². The van der Waals surface area contributed by atoms with Gasteiger partial charge in [-0.25, -0.2) is 9.78 Å². The quantitative estimate of drug-likeness (QED) is 0.217. The first-order valence-electron chi connectivity index (χ1n) is 10.5. The van der Waals surface area contributed by atoms with Crippen molar-refractivity contribution in [3.05, 3.63) is 74.3 Å². The third-order valence-electron chi connectivity index (χ3n) is 4.78. The molecule has 0 saturated carbocycles. The molecule has 9 nitrogen and oxygen atoms in total. The van der Waals surface area contributed by atoms with Crippen molar-refractivity contribution in [3.63, 3.8) is 0 Å². The van der Waals surface area contributed by atoms with Gasteiger partial charge in [-0.3, -0.25) is 14.9 Å². The number of hydrogen-bond donors (Lipinski definition) is 0. The van der Waals surface area contributed by atoms with E-state index in [-0.39, 0.29) is 24.2 Å². The number of anilines is 1. The molecule has 0 bridgehead atoms. The second-order valence-electron chi connectivity index (χ2n) is 7.67. The number of carbonyl (C=O) groups is 2. The Kier molecular flexibility index (Phi) is 8.57. The second kappa shape index (κ2) is 11.6. The first-order valence-corrected chi connectivity index (χ1v) is 12.2. The number of amides is 1. The molecule has 0 atom stereocenters. The molecule has 0 radical (unpaired) electrons. The molecular weight excluding hydrogens is 488 g/mol. The minimum absolute atomic E-state index is 0.0279. The molecule has 0 fully saturated rings. The van der Waals surface area contributed by atoms with Gasteiger partial charge in [0.05, 0.1) is 23.0 Å². The average Bonchev–Trinajstić information content (AvgIpc) is 3.21. The fraction of sp³-hybridized carbons (Fsp3) is 0.250. The van der Waals surface area contributed by atoms with Crippen molar-refractivity contribution in [1.82, 2.24) is 4.98 Å². The predicted octanol–water partition coefficient (Wildman–Crippen LogP) is 5.23. The number of carbonyl (C=O) groups excluding carboxylic acids is 2. The van der Waals surface area contributed by atoms with E-state index in [1.54, 1.807) is 0 Å². The lowest BCUT2D eigenvalue weighted by Gasteiger charge is -2.22. The molecule has 180 valence electrons. The maximum absolute atomic E-state index is 13.0. The fourth-order valence-corrected chi connectivity index (χ4v) is 5.20. The Hall–Kier alpha value is -3.75. The number of nitriles is 1. The highest BCUT2D eigenvalue weighted by molar-refractivity contribution is 8.01. The van der Waals surface area contributed by atoms with E-state index in [2.05, 4.69) is 4.98 Å². The number of thiazole rings is 1. The van der Waals surface area contributed by atoms with Crippen molar-refractivity contribution in [2.24, 2.45) is 0 Å². The Morgan fingerprint density at radius 1 is 1.20 bits per heavy atom. The number of aromatic nitrogens is 1. The molecule has 0 unspecified atom stereocenters. The summed E-state index contributed by atoms with van der Waals surface area (Å²) in [4.78, 5) is 42.7. The number of nitro benzene ring substituents is 1. The largest absolute Gasteiger partial charge is 0.452 e. The summed E-state index contributed by atoms with van der Waals surface area (Å²) >= 11 is 2.57. The van der Waals surface area contributed by atoms with Gasteiger partial charge >= 0.3 is 5.97 Å². The van der Waals surface area contributed by atoms with E-state index < -0.39 is 23.4 Å². The number of nitro groups is 1. The summed E-state index contributed by atoms with van der Waals surface area (Å²) in [6.45, 7) is 5.19. The highest BCUT2D eigenvalue weighted by Crippen LogP contribution is 2.34. The summed E-state index contributed by atoms with van der Waals surface area (Å²) in [5.41, 5.74) is 3.01. The number of rotatable bonds is 9. The molecule has 11 heteroatoms. The normalized spacial score (nSPS) is 10.5. The number of esters is 1. The molecule has 1 aromatic heterocycles. The van der Waals surface area contributed by atoms with Crippen molar-refractivity contribution in [2.75, 3.05) is 18.1 Å². The Balaban J connectivity index is 1.82. The van der Waals surface area contributed by atoms with Gasteiger partial charge < -0.3 is 9.64 Å². The van der Waals surface area contributed by atoms with E-state index in [0.29, 0.717) is 14.9 Å². The molecular formula is C24H22N4O5S2. The molecule has 0 aliphatic rings. The van der Waals surface area contributed by atoms with Gasteiger partial charge in [-0.05, 0) is 50.1 Å². The van der Waals surface area contributed by atoms with Crippen LogP contribution in [0.4, 0.5) is 11.4 Å². The van der Waals surface area contributed by atoms with Crippen LogP contribution in [0.1, 0.15) is 33.6 Å².